The molecule has 0 aromatic heterocycles. The third-order valence-electron chi connectivity index (χ3n) is 2.71. The molecule has 0 radical (unpaired) electrons. The van der Waals surface area contributed by atoms with E-state index in [9.17, 15) is 14.2 Å². The van der Waals surface area contributed by atoms with Crippen molar-refractivity contribution in [3.05, 3.63) is 30.3 Å². The highest BCUT2D eigenvalue weighted by Crippen LogP contribution is 2.68. The molecule has 9 nitrogen and oxygen atoms in total. The molecule has 0 heterocycles. The van der Waals surface area contributed by atoms with Gasteiger partial charge in [0, 0.05) is 18.7 Å². The summed E-state index contributed by atoms with van der Waals surface area (Å²) >= 11 is 4.92. The van der Waals surface area contributed by atoms with E-state index >= 15 is 0 Å². The smallest absolute Gasteiger partial charge is 0.367 e. The predicted octanol–water partition coefficient (Wildman–Crippen LogP) is 0.365. The monoisotopic (exact) mass is 370 g/mol. The molecule has 0 saturated carbocycles. The van der Waals surface area contributed by atoms with Gasteiger partial charge in [-0.15, -0.1) is 0 Å². The van der Waals surface area contributed by atoms with Crippen LogP contribution in [-0.2, 0) is 9.13 Å². The van der Waals surface area contributed by atoms with Crippen molar-refractivity contribution >= 4 is 38.2 Å². The number of hydrogen-bond acceptors (Lipinski definition) is 4. The average molecular weight is 370 g/mol. The quantitative estimate of drug-likeness (QED) is 0.275. The lowest BCUT2D eigenvalue weighted by Crippen LogP contribution is -2.36. The summed E-state index contributed by atoms with van der Waals surface area (Å²) in [5.41, 5.74) is 0.653. The third-order valence-corrected chi connectivity index (χ3v) is 6.83. The summed E-state index contributed by atoms with van der Waals surface area (Å²) < 4.78 is 22.3. The molecule has 0 bridgehead atoms. The van der Waals surface area contributed by atoms with Crippen LogP contribution in [0, 0.1) is 0 Å². The summed E-state index contributed by atoms with van der Waals surface area (Å²) in [6.07, 6.45) is -0.891. The van der Waals surface area contributed by atoms with Gasteiger partial charge in [0.1, 0.15) is 0 Å². The van der Waals surface area contributed by atoms with Gasteiger partial charge in [0.25, 0.3) is 5.08 Å². The van der Waals surface area contributed by atoms with Crippen LogP contribution in [0.2, 0.25) is 0 Å². The summed E-state index contributed by atoms with van der Waals surface area (Å²) in [6, 6.07) is 8.74. The molecule has 124 valence electrons. The molecule has 12 heteroatoms. The molecule has 1 rings (SSSR count). The minimum Gasteiger partial charge on any atom is -0.367 e. The molecule has 7 N–H and O–H groups in total. The molecule has 0 aliphatic heterocycles. The van der Waals surface area contributed by atoms with Crippen LogP contribution in [0.1, 0.15) is 6.42 Å². The van der Waals surface area contributed by atoms with E-state index in [-0.39, 0.29) is 11.7 Å². The summed E-state index contributed by atoms with van der Waals surface area (Å²) in [4.78, 5) is 35.9. The van der Waals surface area contributed by atoms with Crippen LogP contribution < -0.4 is 10.6 Å². The first-order valence-electron chi connectivity index (χ1n) is 5.91. The van der Waals surface area contributed by atoms with E-state index in [1.807, 2.05) is 0 Å². The highest BCUT2D eigenvalue weighted by Gasteiger charge is 2.58. The Morgan fingerprint density at radius 2 is 1.59 bits per heavy atom. The standard InChI is InChI=1S/C10H16N2O7P2S/c13-10(20(14,15)16,21(17,18)19)6-7-11-9(22)12-8-4-2-1-3-5-8/h1-5,13H,6-7H2,(H2,11,12,22)(H2,14,15,16)(H2,17,18,19). The fraction of sp³-hybridized carbons (Fsp3) is 0.300. The molecule has 1 aromatic carbocycles. The van der Waals surface area contributed by atoms with Gasteiger partial charge >= 0.3 is 15.2 Å². The molecule has 0 aliphatic rings. The zero-order valence-electron chi connectivity index (χ0n) is 11.2. The largest absolute Gasteiger partial charge is 0.369 e. The molecule has 0 amide bonds. The number of rotatable bonds is 6. The maximum Gasteiger partial charge on any atom is 0.369 e. The van der Waals surface area contributed by atoms with Crippen LogP contribution in [0.25, 0.3) is 0 Å². The highest BCUT2D eigenvalue weighted by molar-refractivity contribution is 7.80. The minimum absolute atomic E-state index is 0.0740. The van der Waals surface area contributed by atoms with E-state index in [0.29, 0.717) is 5.69 Å². The zero-order valence-corrected chi connectivity index (χ0v) is 13.8. The van der Waals surface area contributed by atoms with E-state index in [2.05, 4.69) is 10.6 Å². The fourth-order valence-corrected chi connectivity index (χ4v) is 3.89. The van der Waals surface area contributed by atoms with Gasteiger partial charge in [-0.2, -0.15) is 0 Å². The molecule has 0 atom stereocenters. The number of hydrogen-bond donors (Lipinski definition) is 7. The Bertz CT molecular complexity index is 593. The fourth-order valence-electron chi connectivity index (χ4n) is 1.50. The second kappa shape index (κ2) is 7.16. The van der Waals surface area contributed by atoms with Crippen molar-refractivity contribution in [2.75, 3.05) is 11.9 Å². The average Bonchev–Trinajstić information content (AvgIpc) is 2.37. The Labute approximate surface area is 131 Å². The number of anilines is 1. The van der Waals surface area contributed by atoms with Crippen molar-refractivity contribution in [2.45, 2.75) is 11.5 Å². The van der Waals surface area contributed by atoms with Crippen LogP contribution in [0.5, 0.6) is 0 Å². The summed E-state index contributed by atoms with van der Waals surface area (Å²) in [7, 11) is -10.9. The Kier molecular flexibility index (Phi) is 6.26. The number of benzene rings is 1. The van der Waals surface area contributed by atoms with Crippen LogP contribution in [0.3, 0.4) is 0 Å². The van der Waals surface area contributed by atoms with E-state index < -0.39 is 26.7 Å². The Morgan fingerprint density at radius 1 is 1.09 bits per heavy atom. The molecule has 0 spiro atoms. The maximum absolute atomic E-state index is 11.1. The lowest BCUT2D eigenvalue weighted by Gasteiger charge is -2.29. The van der Waals surface area contributed by atoms with Crippen molar-refractivity contribution in [3.63, 3.8) is 0 Å². The number of thiocarbonyl (C=S) groups is 1. The van der Waals surface area contributed by atoms with Crippen molar-refractivity contribution in [1.29, 1.82) is 0 Å². The zero-order chi connectivity index (χ0) is 17.0. The predicted molar refractivity (Wildman–Crippen MR) is 84.3 cm³/mol. The third kappa shape index (κ3) is 4.84. The molecular formula is C10H16N2O7P2S. The second-order valence-electron chi connectivity index (χ2n) is 4.36. The molecule has 0 fully saturated rings. The van der Waals surface area contributed by atoms with Crippen LogP contribution >= 0.6 is 27.4 Å². The first kappa shape index (κ1) is 19.2. The molecule has 1 aromatic rings. The SMILES string of the molecule is O=P(O)(O)C(O)(CCNC(=S)Nc1ccccc1)P(=O)(O)O. The van der Waals surface area contributed by atoms with Gasteiger partial charge < -0.3 is 35.3 Å². The molecule has 0 aliphatic carbocycles. The van der Waals surface area contributed by atoms with Gasteiger partial charge in [0.2, 0.25) is 0 Å². The number of aliphatic hydroxyl groups is 1. The normalized spacial score (nSPS) is 12.8. The van der Waals surface area contributed by atoms with E-state index in [0.717, 1.165) is 0 Å². The second-order valence-corrected chi connectivity index (χ2v) is 8.78. The van der Waals surface area contributed by atoms with Crippen LogP contribution in [-0.4, -0.2) is 41.4 Å². The molecule has 0 saturated heterocycles. The summed E-state index contributed by atoms with van der Waals surface area (Å²) in [5, 5.41) is 11.5. The Balaban J connectivity index is 2.63. The summed E-state index contributed by atoms with van der Waals surface area (Å²) in [5.74, 6) is 0. The van der Waals surface area contributed by atoms with Gasteiger partial charge in [0.15, 0.2) is 5.11 Å². The van der Waals surface area contributed by atoms with Gasteiger partial charge in [-0.3, -0.25) is 9.13 Å². The maximum atomic E-state index is 11.1. The van der Waals surface area contributed by atoms with Crippen LogP contribution in [0.15, 0.2) is 30.3 Å². The first-order chi connectivity index (χ1) is 9.97. The van der Waals surface area contributed by atoms with Gasteiger partial charge in [-0.25, -0.2) is 0 Å². The van der Waals surface area contributed by atoms with Crippen molar-refractivity contribution in [2.24, 2.45) is 0 Å². The molecule has 0 unspecified atom stereocenters. The van der Waals surface area contributed by atoms with E-state index in [1.165, 1.54) is 0 Å². The lowest BCUT2D eigenvalue weighted by molar-refractivity contribution is 0.124. The number of nitrogens with one attached hydrogen (secondary N) is 2. The van der Waals surface area contributed by atoms with Crippen LogP contribution in [0.4, 0.5) is 5.69 Å². The van der Waals surface area contributed by atoms with Gasteiger partial charge in [-0.1, -0.05) is 18.2 Å². The minimum atomic E-state index is -5.45. The van der Waals surface area contributed by atoms with E-state index in [4.69, 9.17) is 31.8 Å². The van der Waals surface area contributed by atoms with Gasteiger partial charge in [-0.05, 0) is 24.4 Å². The highest BCUT2D eigenvalue weighted by atomic mass is 32.1. The lowest BCUT2D eigenvalue weighted by atomic mass is 10.3. The Hall–Kier alpha value is -0.830. The molecular weight excluding hydrogens is 354 g/mol. The van der Waals surface area contributed by atoms with E-state index in [1.54, 1.807) is 30.3 Å². The van der Waals surface area contributed by atoms with Gasteiger partial charge in [0.05, 0.1) is 0 Å². The van der Waals surface area contributed by atoms with Crippen molar-refractivity contribution < 1.29 is 33.8 Å². The van der Waals surface area contributed by atoms with Crippen molar-refractivity contribution in [3.8, 4) is 0 Å². The topological polar surface area (TPSA) is 159 Å². The summed E-state index contributed by atoms with van der Waals surface area (Å²) in [6.45, 7) is -0.356. The first-order valence-corrected chi connectivity index (χ1v) is 9.54. The Morgan fingerprint density at radius 3 is 2.05 bits per heavy atom. The number of para-hydroxylation sites is 1. The molecule has 22 heavy (non-hydrogen) atoms. The van der Waals surface area contributed by atoms with Crippen molar-refractivity contribution in [1.82, 2.24) is 5.32 Å².